The third-order valence-corrected chi connectivity index (χ3v) is 3.96. The summed E-state index contributed by atoms with van der Waals surface area (Å²) in [6, 6.07) is 7.75. The largest absolute Gasteiger partial charge is 0.386 e. The van der Waals surface area contributed by atoms with Crippen LogP contribution in [0.15, 0.2) is 24.3 Å². The van der Waals surface area contributed by atoms with E-state index < -0.39 is 11.9 Å². The number of rotatable bonds is 0. The Kier molecular flexibility index (Phi) is 1.63. The number of benzene rings is 2. The average Bonchev–Trinajstić information content (AvgIpc) is 2.62. The summed E-state index contributed by atoms with van der Waals surface area (Å²) in [6.45, 7) is 2.14. The third-order valence-electron chi connectivity index (χ3n) is 3.96. The van der Waals surface area contributed by atoms with E-state index in [4.69, 9.17) is 4.74 Å². The number of hydrogen-bond acceptors (Lipinski definition) is 3. The minimum Gasteiger partial charge on any atom is -0.386 e. The minimum absolute atomic E-state index is 0.443. The molecular weight excluding hydrogens is 228 g/mol. The Morgan fingerprint density at radius 2 is 1.72 bits per heavy atom. The molecule has 0 saturated heterocycles. The molecule has 1 aliphatic heterocycles. The second-order valence-corrected chi connectivity index (χ2v) is 4.97. The molecule has 0 aromatic heterocycles. The predicted molar refractivity (Wildman–Crippen MR) is 65.8 cm³/mol. The van der Waals surface area contributed by atoms with Gasteiger partial charge in [-0.15, -0.1) is 0 Å². The maximum absolute atomic E-state index is 11.8. The molecule has 2 aromatic carbocycles. The smallest absolute Gasteiger partial charge is 0.347 e. The van der Waals surface area contributed by atoms with Crippen LogP contribution in [0.4, 0.5) is 0 Å². The summed E-state index contributed by atoms with van der Waals surface area (Å²) in [6.07, 6.45) is 0.852. The van der Waals surface area contributed by atoms with Gasteiger partial charge in [-0.2, -0.15) is 0 Å². The van der Waals surface area contributed by atoms with Crippen LogP contribution in [0.1, 0.15) is 44.7 Å². The van der Waals surface area contributed by atoms with Gasteiger partial charge in [0.05, 0.1) is 11.1 Å². The van der Waals surface area contributed by atoms with E-state index in [9.17, 15) is 9.59 Å². The molecule has 1 aliphatic carbocycles. The van der Waals surface area contributed by atoms with Crippen LogP contribution in [-0.2, 0) is 11.2 Å². The second-order valence-electron chi connectivity index (χ2n) is 4.97. The molecule has 0 bridgehead atoms. The van der Waals surface area contributed by atoms with Crippen LogP contribution in [0.3, 0.4) is 0 Å². The van der Waals surface area contributed by atoms with E-state index in [1.54, 1.807) is 0 Å². The SMILES string of the molecule is CC1Cc2c3c(c4ccccc4c21)C(=O)OC3=O. The van der Waals surface area contributed by atoms with E-state index >= 15 is 0 Å². The first-order chi connectivity index (χ1) is 8.68. The Labute approximate surface area is 103 Å². The van der Waals surface area contributed by atoms with Gasteiger partial charge in [0, 0.05) is 0 Å². The van der Waals surface area contributed by atoms with Crippen molar-refractivity contribution in [2.75, 3.05) is 0 Å². The molecule has 0 fully saturated rings. The highest BCUT2D eigenvalue weighted by Gasteiger charge is 2.40. The monoisotopic (exact) mass is 238 g/mol. The van der Waals surface area contributed by atoms with Gasteiger partial charge < -0.3 is 4.74 Å². The van der Waals surface area contributed by atoms with Crippen molar-refractivity contribution in [1.29, 1.82) is 0 Å². The summed E-state index contributed by atoms with van der Waals surface area (Å²) in [5, 5.41) is 1.92. The Balaban J connectivity index is 2.25. The van der Waals surface area contributed by atoms with Crippen LogP contribution in [0, 0.1) is 0 Å². The van der Waals surface area contributed by atoms with Gasteiger partial charge in [0.25, 0.3) is 0 Å². The molecule has 3 nitrogen and oxygen atoms in total. The molecule has 3 heteroatoms. The van der Waals surface area contributed by atoms with E-state index in [-0.39, 0.29) is 0 Å². The molecule has 0 amide bonds. The molecule has 2 aromatic rings. The number of hydrogen-bond donors (Lipinski definition) is 0. The highest BCUT2D eigenvalue weighted by molar-refractivity contribution is 6.23. The van der Waals surface area contributed by atoms with Gasteiger partial charge in [0.15, 0.2) is 0 Å². The van der Waals surface area contributed by atoms with Gasteiger partial charge >= 0.3 is 11.9 Å². The highest BCUT2D eigenvalue weighted by Crippen LogP contribution is 2.46. The molecule has 4 rings (SSSR count). The fourth-order valence-corrected chi connectivity index (χ4v) is 3.19. The number of ether oxygens (including phenoxy) is 1. The molecule has 88 valence electrons. The minimum atomic E-state index is -0.506. The van der Waals surface area contributed by atoms with Crippen LogP contribution in [0.25, 0.3) is 10.8 Å². The Morgan fingerprint density at radius 3 is 2.44 bits per heavy atom. The lowest BCUT2D eigenvalue weighted by Crippen LogP contribution is -2.19. The zero-order valence-electron chi connectivity index (χ0n) is 9.82. The van der Waals surface area contributed by atoms with Crippen molar-refractivity contribution in [2.24, 2.45) is 0 Å². The van der Waals surface area contributed by atoms with Crippen molar-refractivity contribution < 1.29 is 14.3 Å². The van der Waals surface area contributed by atoms with Crippen molar-refractivity contribution in [3.63, 3.8) is 0 Å². The molecule has 1 heterocycles. The molecule has 1 unspecified atom stereocenters. The highest BCUT2D eigenvalue weighted by atomic mass is 16.6. The van der Waals surface area contributed by atoms with Gasteiger partial charge in [0.1, 0.15) is 0 Å². The van der Waals surface area contributed by atoms with Gasteiger partial charge in [-0.3, -0.25) is 0 Å². The Hall–Kier alpha value is -2.16. The van der Waals surface area contributed by atoms with Crippen LogP contribution >= 0.6 is 0 Å². The van der Waals surface area contributed by atoms with Gasteiger partial charge in [-0.25, -0.2) is 9.59 Å². The lowest BCUT2D eigenvalue weighted by molar-refractivity contribution is 0.0444. The topological polar surface area (TPSA) is 43.4 Å². The van der Waals surface area contributed by atoms with E-state index in [1.165, 1.54) is 5.56 Å². The quantitative estimate of drug-likeness (QED) is 0.523. The summed E-state index contributed by atoms with van der Waals surface area (Å²) in [5.41, 5.74) is 3.18. The van der Waals surface area contributed by atoms with Crippen LogP contribution in [0.5, 0.6) is 0 Å². The van der Waals surface area contributed by atoms with Crippen LogP contribution in [0.2, 0.25) is 0 Å². The van der Waals surface area contributed by atoms with Crippen molar-refractivity contribution in [3.05, 3.63) is 46.5 Å². The summed E-state index contributed by atoms with van der Waals surface area (Å²) < 4.78 is 4.77. The lowest BCUT2D eigenvalue weighted by atomic mass is 9.72. The van der Waals surface area contributed by atoms with Crippen molar-refractivity contribution in [1.82, 2.24) is 0 Å². The predicted octanol–water partition coefficient (Wildman–Crippen LogP) is 2.81. The van der Waals surface area contributed by atoms with Crippen LogP contribution in [-0.4, -0.2) is 11.9 Å². The molecule has 0 saturated carbocycles. The molecule has 0 radical (unpaired) electrons. The van der Waals surface area contributed by atoms with E-state index in [0.717, 1.165) is 22.8 Å². The van der Waals surface area contributed by atoms with Crippen molar-refractivity contribution in [2.45, 2.75) is 19.3 Å². The molecule has 1 atom stereocenters. The molecule has 0 N–H and O–H groups in total. The number of cyclic esters (lactones) is 2. The molecule has 2 aliphatic rings. The lowest BCUT2D eigenvalue weighted by Gasteiger charge is -2.30. The molecule has 0 spiro atoms. The Bertz CT molecular complexity index is 743. The first kappa shape index (κ1) is 9.83. The summed E-state index contributed by atoms with van der Waals surface area (Å²) >= 11 is 0. The zero-order chi connectivity index (χ0) is 12.4. The molecule has 18 heavy (non-hydrogen) atoms. The standard InChI is InChI=1S/C15H10O3/c1-7-6-10-11(7)8-4-2-3-5-9(8)12-13(10)15(17)18-14(12)16/h2-5,7H,6H2,1H3. The van der Waals surface area contributed by atoms with Crippen molar-refractivity contribution >= 4 is 22.7 Å². The van der Waals surface area contributed by atoms with E-state index in [2.05, 4.69) is 6.92 Å². The number of carbonyl (C=O) groups is 2. The third kappa shape index (κ3) is 0.957. The molecular formula is C15H10O3. The van der Waals surface area contributed by atoms with E-state index in [1.807, 2.05) is 24.3 Å². The normalized spacial score (nSPS) is 20.4. The van der Waals surface area contributed by atoms with Crippen molar-refractivity contribution in [3.8, 4) is 0 Å². The second kappa shape index (κ2) is 2.99. The summed E-state index contributed by atoms with van der Waals surface area (Å²) in [7, 11) is 0. The van der Waals surface area contributed by atoms with E-state index in [0.29, 0.717) is 17.0 Å². The number of carbonyl (C=O) groups excluding carboxylic acids is 2. The van der Waals surface area contributed by atoms with Gasteiger partial charge in [0.2, 0.25) is 0 Å². The summed E-state index contributed by atoms with van der Waals surface area (Å²) in [4.78, 5) is 23.6. The maximum atomic E-state index is 11.8. The number of fused-ring (bicyclic) bond motifs is 6. The first-order valence-electron chi connectivity index (χ1n) is 6.02. The maximum Gasteiger partial charge on any atom is 0.347 e. The average molecular weight is 238 g/mol. The van der Waals surface area contributed by atoms with Gasteiger partial charge in [-0.05, 0) is 34.2 Å². The fourth-order valence-electron chi connectivity index (χ4n) is 3.19. The fraction of sp³-hybridized carbons (Fsp3) is 0.200. The van der Waals surface area contributed by atoms with Gasteiger partial charge in [-0.1, -0.05) is 31.2 Å². The number of esters is 2. The first-order valence-corrected chi connectivity index (χ1v) is 6.02. The summed E-state index contributed by atoms with van der Waals surface area (Å²) in [5.74, 6) is -0.545. The Morgan fingerprint density at radius 1 is 1.06 bits per heavy atom. The van der Waals surface area contributed by atoms with Crippen LogP contribution < -0.4 is 0 Å². The zero-order valence-corrected chi connectivity index (χ0v) is 9.82.